The minimum Gasteiger partial charge on any atom is -0.376 e. The summed E-state index contributed by atoms with van der Waals surface area (Å²) in [5.41, 5.74) is 1.01. The second-order valence-electron chi connectivity index (χ2n) is 4.36. The molecule has 2 rings (SSSR count). The molecule has 5 heteroatoms. The number of ether oxygens (including phenoxy) is 1. The topological polar surface area (TPSA) is 47.0 Å². The fraction of sp³-hybridized carbons (Fsp3) is 0.667. The lowest BCUT2D eigenvalue weighted by Gasteiger charge is -2.18. The summed E-state index contributed by atoms with van der Waals surface area (Å²) < 4.78 is 5.53. The molecule has 0 aromatic carbocycles. The van der Waals surface area contributed by atoms with Crippen molar-refractivity contribution in [2.45, 2.75) is 45.3 Å². The van der Waals surface area contributed by atoms with Crippen LogP contribution in [0.2, 0.25) is 5.15 Å². The Morgan fingerprint density at radius 3 is 3.00 bits per heavy atom. The second-order valence-corrected chi connectivity index (χ2v) is 4.72. The van der Waals surface area contributed by atoms with Crippen molar-refractivity contribution >= 4 is 17.4 Å². The van der Waals surface area contributed by atoms with Gasteiger partial charge in [0, 0.05) is 12.2 Å². The van der Waals surface area contributed by atoms with Crippen LogP contribution in [0.1, 0.15) is 32.3 Å². The molecule has 1 fully saturated rings. The highest BCUT2D eigenvalue weighted by Gasteiger charge is 2.25. The fourth-order valence-corrected chi connectivity index (χ4v) is 2.31. The van der Waals surface area contributed by atoms with E-state index >= 15 is 0 Å². The van der Waals surface area contributed by atoms with Crippen molar-refractivity contribution in [2.24, 2.45) is 0 Å². The molecule has 2 unspecified atom stereocenters. The van der Waals surface area contributed by atoms with Gasteiger partial charge in [-0.05, 0) is 19.8 Å². The van der Waals surface area contributed by atoms with Crippen molar-refractivity contribution < 1.29 is 4.74 Å². The fourth-order valence-electron chi connectivity index (χ4n) is 2.08. The van der Waals surface area contributed by atoms with E-state index in [4.69, 9.17) is 16.3 Å². The molecule has 0 bridgehead atoms. The average Bonchev–Trinajstić information content (AvgIpc) is 2.70. The summed E-state index contributed by atoms with van der Waals surface area (Å²) in [6.07, 6.45) is 4.65. The third kappa shape index (κ3) is 2.87. The molecule has 1 aliphatic heterocycles. The van der Waals surface area contributed by atoms with Gasteiger partial charge in [-0.2, -0.15) is 0 Å². The Morgan fingerprint density at radius 1 is 1.53 bits per heavy atom. The lowest BCUT2D eigenvalue weighted by atomic mass is 10.1. The number of hydrogen-bond acceptors (Lipinski definition) is 4. The van der Waals surface area contributed by atoms with Gasteiger partial charge in [-0.25, -0.2) is 9.97 Å². The van der Waals surface area contributed by atoms with E-state index in [1.807, 2.05) is 0 Å². The Morgan fingerprint density at radius 2 is 2.35 bits per heavy atom. The van der Waals surface area contributed by atoms with Crippen LogP contribution in [0.4, 0.5) is 5.82 Å². The number of halogens is 1. The predicted octanol–water partition coefficient (Wildman–Crippen LogP) is 2.67. The van der Waals surface area contributed by atoms with Crippen LogP contribution in [0.25, 0.3) is 0 Å². The van der Waals surface area contributed by atoms with Crippen molar-refractivity contribution in [3.8, 4) is 0 Å². The summed E-state index contributed by atoms with van der Waals surface area (Å²) in [4.78, 5) is 8.33. The summed E-state index contributed by atoms with van der Waals surface area (Å²) in [5, 5.41) is 3.98. The van der Waals surface area contributed by atoms with Gasteiger partial charge in [-0.1, -0.05) is 24.9 Å². The van der Waals surface area contributed by atoms with Gasteiger partial charge in [0.1, 0.15) is 17.3 Å². The molecule has 0 spiro atoms. The summed E-state index contributed by atoms with van der Waals surface area (Å²) in [7, 11) is 0. The maximum Gasteiger partial charge on any atom is 0.137 e. The normalized spacial score (nSPS) is 23.9. The van der Waals surface area contributed by atoms with E-state index < -0.39 is 0 Å². The molecule has 1 aromatic heterocycles. The average molecular weight is 256 g/mol. The van der Waals surface area contributed by atoms with E-state index in [2.05, 4.69) is 29.1 Å². The number of anilines is 1. The van der Waals surface area contributed by atoms with Gasteiger partial charge in [-0.3, -0.25) is 0 Å². The first-order chi connectivity index (χ1) is 8.22. The Balaban J connectivity index is 2.16. The number of nitrogens with one attached hydrogen (secondary N) is 1. The molecule has 4 nitrogen and oxygen atoms in total. The quantitative estimate of drug-likeness (QED) is 0.841. The van der Waals surface area contributed by atoms with Crippen molar-refractivity contribution in [3.05, 3.63) is 17.0 Å². The molecule has 1 aromatic rings. The van der Waals surface area contributed by atoms with Crippen LogP contribution >= 0.6 is 11.6 Å². The Kier molecular flexibility index (Phi) is 4.18. The lowest BCUT2D eigenvalue weighted by Crippen LogP contribution is -2.27. The molecule has 2 atom stereocenters. The summed E-state index contributed by atoms with van der Waals surface area (Å²) >= 11 is 6.11. The van der Waals surface area contributed by atoms with Gasteiger partial charge >= 0.3 is 0 Å². The van der Waals surface area contributed by atoms with Crippen molar-refractivity contribution in [1.29, 1.82) is 0 Å². The van der Waals surface area contributed by atoms with E-state index in [1.165, 1.54) is 6.33 Å². The Hall–Kier alpha value is -0.870. The highest BCUT2D eigenvalue weighted by Crippen LogP contribution is 2.24. The molecular formula is C12H18ClN3O. The monoisotopic (exact) mass is 255 g/mol. The van der Waals surface area contributed by atoms with E-state index in [1.54, 1.807) is 0 Å². The Bertz CT molecular complexity index is 386. The minimum atomic E-state index is 0.221. The van der Waals surface area contributed by atoms with Crippen LogP contribution in [0.15, 0.2) is 6.33 Å². The summed E-state index contributed by atoms with van der Waals surface area (Å²) in [5.74, 6) is 0.856. The maximum absolute atomic E-state index is 6.11. The van der Waals surface area contributed by atoms with Gasteiger partial charge in [0.15, 0.2) is 0 Å². The van der Waals surface area contributed by atoms with Gasteiger partial charge in [0.05, 0.1) is 12.1 Å². The van der Waals surface area contributed by atoms with E-state index in [0.717, 1.165) is 37.3 Å². The molecular weight excluding hydrogens is 238 g/mol. The number of nitrogens with zero attached hydrogens (tertiary/aromatic N) is 2. The van der Waals surface area contributed by atoms with Crippen molar-refractivity contribution in [3.63, 3.8) is 0 Å². The largest absolute Gasteiger partial charge is 0.376 e. The lowest BCUT2D eigenvalue weighted by molar-refractivity contribution is 0.121. The molecule has 2 heterocycles. The van der Waals surface area contributed by atoms with E-state index in [-0.39, 0.29) is 6.10 Å². The van der Waals surface area contributed by atoms with E-state index in [9.17, 15) is 0 Å². The standard InChI is InChI=1S/C12H18ClN3O/c1-3-4-9-11(13)14-7-15-12(9)16-10-5-6-17-8(10)2/h7-8,10H,3-6H2,1-2H3,(H,14,15,16). The van der Waals surface area contributed by atoms with Crippen LogP contribution in [0.3, 0.4) is 0 Å². The highest BCUT2D eigenvalue weighted by molar-refractivity contribution is 6.30. The summed E-state index contributed by atoms with van der Waals surface area (Å²) in [6.45, 7) is 5.00. The van der Waals surface area contributed by atoms with Gasteiger partial charge in [0.25, 0.3) is 0 Å². The smallest absolute Gasteiger partial charge is 0.137 e. The van der Waals surface area contributed by atoms with Crippen LogP contribution < -0.4 is 5.32 Å². The third-order valence-corrected chi connectivity index (χ3v) is 3.42. The first-order valence-electron chi connectivity index (χ1n) is 6.10. The maximum atomic E-state index is 6.11. The van der Waals surface area contributed by atoms with Gasteiger partial charge in [-0.15, -0.1) is 0 Å². The molecule has 0 saturated carbocycles. The molecule has 0 aliphatic carbocycles. The molecule has 1 aliphatic rings. The molecule has 17 heavy (non-hydrogen) atoms. The predicted molar refractivity (Wildman–Crippen MR) is 68.5 cm³/mol. The second kappa shape index (κ2) is 5.65. The third-order valence-electron chi connectivity index (χ3n) is 3.09. The van der Waals surface area contributed by atoms with Crippen molar-refractivity contribution in [1.82, 2.24) is 9.97 Å². The van der Waals surface area contributed by atoms with E-state index in [0.29, 0.717) is 11.2 Å². The summed E-state index contributed by atoms with van der Waals surface area (Å²) in [6, 6.07) is 0.316. The Labute approximate surface area is 107 Å². The van der Waals surface area contributed by atoms with Crippen LogP contribution in [-0.2, 0) is 11.2 Å². The molecule has 0 amide bonds. The molecule has 1 N–H and O–H groups in total. The van der Waals surface area contributed by atoms with Crippen LogP contribution in [0, 0.1) is 0 Å². The molecule has 1 saturated heterocycles. The van der Waals surface area contributed by atoms with Crippen LogP contribution in [0.5, 0.6) is 0 Å². The number of rotatable bonds is 4. The SMILES string of the molecule is CCCc1c(Cl)ncnc1NC1CCOC1C. The molecule has 0 radical (unpaired) electrons. The zero-order valence-electron chi connectivity index (χ0n) is 10.2. The highest BCUT2D eigenvalue weighted by atomic mass is 35.5. The first-order valence-corrected chi connectivity index (χ1v) is 6.47. The first kappa shape index (κ1) is 12.6. The molecule has 94 valence electrons. The zero-order chi connectivity index (χ0) is 12.3. The number of hydrogen-bond donors (Lipinski definition) is 1. The minimum absolute atomic E-state index is 0.221. The number of aromatic nitrogens is 2. The zero-order valence-corrected chi connectivity index (χ0v) is 11.0. The van der Waals surface area contributed by atoms with Crippen molar-refractivity contribution in [2.75, 3.05) is 11.9 Å². The van der Waals surface area contributed by atoms with Crippen LogP contribution in [-0.4, -0.2) is 28.7 Å². The van der Waals surface area contributed by atoms with Gasteiger partial charge < -0.3 is 10.1 Å². The van der Waals surface area contributed by atoms with Gasteiger partial charge in [0.2, 0.25) is 0 Å².